The van der Waals surface area contributed by atoms with Crippen LogP contribution >= 0.6 is 23.1 Å². The van der Waals surface area contributed by atoms with Gasteiger partial charge in [-0.05, 0) is 48.0 Å². The fraction of sp³-hybridized carbons (Fsp3) is 0.0323. The van der Waals surface area contributed by atoms with E-state index in [9.17, 15) is 0 Å². The summed E-state index contributed by atoms with van der Waals surface area (Å²) in [5.41, 5.74) is 6.21. The first kappa shape index (κ1) is 19.6. The van der Waals surface area contributed by atoms with Crippen molar-refractivity contribution >= 4 is 70.8 Å². The van der Waals surface area contributed by atoms with E-state index in [1.54, 1.807) is 0 Å². The van der Waals surface area contributed by atoms with Gasteiger partial charge in [0.15, 0.2) is 0 Å². The van der Waals surface area contributed by atoms with Crippen molar-refractivity contribution in [3.63, 3.8) is 0 Å². The third kappa shape index (κ3) is 2.84. The second kappa shape index (κ2) is 7.38. The average Bonchev–Trinajstić information content (AvgIpc) is 3.60. The fourth-order valence-corrected chi connectivity index (χ4v) is 7.95. The molecule has 2 nitrogen and oxygen atoms in total. The van der Waals surface area contributed by atoms with E-state index in [0.29, 0.717) is 0 Å². The molecule has 1 aliphatic heterocycles. The molecule has 7 aromatic rings. The number of hydrogen-bond acceptors (Lipinski definition) is 3. The molecule has 1 unspecified atom stereocenters. The van der Waals surface area contributed by atoms with Gasteiger partial charge in [0, 0.05) is 47.2 Å². The van der Waals surface area contributed by atoms with Crippen molar-refractivity contribution in [2.45, 2.75) is 10.3 Å². The Bertz CT molecular complexity index is 1860. The van der Waals surface area contributed by atoms with E-state index < -0.39 is 0 Å². The number of rotatable bonds is 2. The van der Waals surface area contributed by atoms with E-state index >= 15 is 0 Å². The average molecular weight is 485 g/mol. The van der Waals surface area contributed by atoms with E-state index in [2.05, 4.69) is 119 Å². The molecule has 0 saturated carbocycles. The van der Waals surface area contributed by atoms with E-state index in [-0.39, 0.29) is 5.37 Å². The molecule has 0 fully saturated rings. The standard InChI is InChI=1S/C31H20N2S2/c1-4-10-25-21(7-1)22-8-2-5-11-26(22)33(25)20-15-13-19(14-16-20)31-32-24-17-18-28-29(30(24)35-31)23-9-3-6-12-27(23)34-28/h1-18,31-32H. The molecule has 1 N–H and O–H groups in total. The summed E-state index contributed by atoms with van der Waals surface area (Å²) >= 11 is 3.82. The number of benzene rings is 5. The third-order valence-electron chi connectivity index (χ3n) is 7.05. The van der Waals surface area contributed by atoms with Crippen molar-refractivity contribution < 1.29 is 0 Å². The van der Waals surface area contributed by atoms with Gasteiger partial charge in [-0.25, -0.2) is 0 Å². The van der Waals surface area contributed by atoms with E-state index in [1.165, 1.54) is 63.8 Å². The van der Waals surface area contributed by atoms with Gasteiger partial charge >= 0.3 is 0 Å². The molecular formula is C31H20N2S2. The van der Waals surface area contributed by atoms with Crippen molar-refractivity contribution in [2.24, 2.45) is 0 Å². The summed E-state index contributed by atoms with van der Waals surface area (Å²) < 4.78 is 5.09. The molecule has 5 aromatic carbocycles. The Morgan fingerprint density at radius 2 is 1.26 bits per heavy atom. The van der Waals surface area contributed by atoms with Crippen molar-refractivity contribution in [2.75, 3.05) is 5.32 Å². The lowest BCUT2D eigenvalue weighted by atomic mass is 10.1. The summed E-state index contributed by atoms with van der Waals surface area (Å²) in [6.45, 7) is 0. The van der Waals surface area contributed by atoms with Gasteiger partial charge < -0.3 is 9.88 Å². The fourth-order valence-electron chi connectivity index (χ4n) is 5.46. The Kier molecular flexibility index (Phi) is 4.13. The number of nitrogens with zero attached hydrogens (tertiary/aromatic N) is 1. The maximum Gasteiger partial charge on any atom is 0.103 e. The van der Waals surface area contributed by atoms with Crippen LogP contribution in [0.1, 0.15) is 10.9 Å². The van der Waals surface area contributed by atoms with Crippen LogP contribution in [0.4, 0.5) is 5.69 Å². The zero-order chi connectivity index (χ0) is 22.9. The number of anilines is 1. The number of hydrogen-bond donors (Lipinski definition) is 1. The van der Waals surface area contributed by atoms with Crippen LogP contribution in [0.3, 0.4) is 0 Å². The van der Waals surface area contributed by atoms with Gasteiger partial charge in [0.1, 0.15) is 5.37 Å². The molecule has 35 heavy (non-hydrogen) atoms. The summed E-state index contributed by atoms with van der Waals surface area (Å²) in [7, 11) is 0. The molecule has 0 amide bonds. The first-order chi connectivity index (χ1) is 17.3. The topological polar surface area (TPSA) is 17.0 Å². The number of fused-ring (bicyclic) bond motifs is 8. The van der Waals surface area contributed by atoms with Gasteiger partial charge in [-0.15, -0.1) is 11.3 Å². The lowest BCUT2D eigenvalue weighted by Crippen LogP contribution is -2.01. The normalized spacial score (nSPS) is 15.3. The zero-order valence-corrected chi connectivity index (χ0v) is 20.4. The number of nitrogens with one attached hydrogen (secondary N) is 1. The van der Waals surface area contributed by atoms with Gasteiger partial charge in [-0.2, -0.15) is 0 Å². The quantitative estimate of drug-likeness (QED) is 0.263. The molecular weight excluding hydrogens is 464 g/mol. The molecule has 166 valence electrons. The van der Waals surface area contributed by atoms with Crippen LogP contribution in [0.2, 0.25) is 0 Å². The molecule has 0 spiro atoms. The smallest absolute Gasteiger partial charge is 0.103 e. The number of thiophene rings is 1. The van der Waals surface area contributed by atoms with Gasteiger partial charge in [-0.3, -0.25) is 0 Å². The number of para-hydroxylation sites is 2. The minimum atomic E-state index is 0.210. The molecule has 0 bridgehead atoms. The first-order valence-electron chi connectivity index (χ1n) is 11.8. The highest BCUT2D eigenvalue weighted by Gasteiger charge is 2.26. The predicted molar refractivity (Wildman–Crippen MR) is 152 cm³/mol. The van der Waals surface area contributed by atoms with E-state index in [4.69, 9.17) is 0 Å². The monoisotopic (exact) mass is 484 g/mol. The summed E-state index contributed by atoms with van der Waals surface area (Å²) in [6.07, 6.45) is 0. The SMILES string of the molecule is c1ccc2c(c1)sc1ccc3c(c12)SC(c1ccc(-n2c4ccccc4c4ccccc42)cc1)N3. The van der Waals surface area contributed by atoms with Crippen LogP contribution < -0.4 is 5.32 Å². The molecule has 1 aliphatic rings. The lowest BCUT2D eigenvalue weighted by Gasteiger charge is -2.13. The Balaban J connectivity index is 1.20. The first-order valence-corrected chi connectivity index (χ1v) is 13.5. The summed E-state index contributed by atoms with van der Waals surface area (Å²) in [4.78, 5) is 1.37. The van der Waals surface area contributed by atoms with Gasteiger partial charge in [0.05, 0.1) is 11.0 Å². The van der Waals surface area contributed by atoms with Crippen LogP contribution in [-0.2, 0) is 0 Å². The Hall–Kier alpha value is -3.73. The van der Waals surface area contributed by atoms with E-state index in [0.717, 1.165) is 0 Å². The molecule has 4 heteroatoms. The van der Waals surface area contributed by atoms with Crippen LogP contribution in [0, 0.1) is 0 Å². The predicted octanol–water partition coefficient (Wildman–Crippen LogP) is 9.37. The van der Waals surface area contributed by atoms with Crippen molar-refractivity contribution in [3.05, 3.63) is 115 Å². The largest absolute Gasteiger partial charge is 0.368 e. The second-order valence-electron chi connectivity index (χ2n) is 9.02. The van der Waals surface area contributed by atoms with Gasteiger partial charge in [0.25, 0.3) is 0 Å². The van der Waals surface area contributed by atoms with Crippen LogP contribution in [0.5, 0.6) is 0 Å². The molecule has 1 atom stereocenters. The van der Waals surface area contributed by atoms with Crippen molar-refractivity contribution in [3.8, 4) is 5.69 Å². The molecule has 0 saturated heterocycles. The van der Waals surface area contributed by atoms with Crippen LogP contribution in [-0.4, -0.2) is 4.57 Å². The minimum absolute atomic E-state index is 0.210. The maximum atomic E-state index is 3.77. The Morgan fingerprint density at radius 3 is 2.00 bits per heavy atom. The highest BCUT2D eigenvalue weighted by molar-refractivity contribution is 8.00. The van der Waals surface area contributed by atoms with Crippen LogP contribution in [0.25, 0.3) is 47.7 Å². The molecule has 0 aliphatic carbocycles. The minimum Gasteiger partial charge on any atom is -0.368 e. The highest BCUT2D eigenvalue weighted by Crippen LogP contribution is 2.52. The van der Waals surface area contributed by atoms with E-state index in [1.807, 2.05) is 23.1 Å². The van der Waals surface area contributed by atoms with Crippen molar-refractivity contribution in [1.82, 2.24) is 4.57 Å². The lowest BCUT2D eigenvalue weighted by molar-refractivity contribution is 1.12. The Morgan fingerprint density at radius 1 is 0.600 bits per heavy atom. The Labute approximate surface area is 210 Å². The molecule has 3 heterocycles. The maximum absolute atomic E-state index is 3.77. The zero-order valence-electron chi connectivity index (χ0n) is 18.7. The van der Waals surface area contributed by atoms with Gasteiger partial charge in [0.2, 0.25) is 0 Å². The highest BCUT2D eigenvalue weighted by atomic mass is 32.2. The van der Waals surface area contributed by atoms with Crippen molar-refractivity contribution in [1.29, 1.82) is 0 Å². The van der Waals surface area contributed by atoms with Crippen LogP contribution in [0.15, 0.2) is 114 Å². The van der Waals surface area contributed by atoms with Gasteiger partial charge in [-0.1, -0.05) is 78.5 Å². The summed E-state index contributed by atoms with van der Waals surface area (Å²) in [5, 5.41) is 9.33. The molecule has 0 radical (unpaired) electrons. The number of thioether (sulfide) groups is 1. The summed E-state index contributed by atoms with van der Waals surface area (Å²) in [5.74, 6) is 0. The second-order valence-corrected chi connectivity index (χ2v) is 11.2. The molecule has 2 aromatic heterocycles. The summed E-state index contributed by atoms with van der Waals surface area (Å²) in [6, 6.07) is 39.7. The molecule has 8 rings (SSSR count). The third-order valence-corrected chi connectivity index (χ3v) is 9.47. The number of aromatic nitrogens is 1.